The summed E-state index contributed by atoms with van der Waals surface area (Å²) in [6.45, 7) is 12.8. The number of benzene rings is 14. The Morgan fingerprint density at radius 3 is 1.28 bits per heavy atom. The number of halogens is 16. The number of ether oxygens (including phenoxy) is 2. The van der Waals surface area contributed by atoms with Crippen LogP contribution in [0.25, 0.3) is 0 Å². The summed E-state index contributed by atoms with van der Waals surface area (Å²) in [5.41, 5.74) is 10.5. The minimum Gasteiger partial charge on any atom is -0.507 e. The van der Waals surface area contributed by atoms with Crippen molar-refractivity contribution in [3.8, 4) is 63.6 Å². The number of phenolic OH excluding ortho intramolecular Hbond substituents is 7. The molecule has 0 saturated heterocycles. The third kappa shape index (κ3) is 31.5. The summed E-state index contributed by atoms with van der Waals surface area (Å²) in [7, 11) is 0. The number of aryl methyl sites for hydroxylation is 6. The Morgan fingerprint density at radius 1 is 0.338 bits per heavy atom. The molecule has 6 amide bonds. The number of para-hydroxylation sites is 1. The maximum atomic E-state index is 12.8. The van der Waals surface area contributed by atoms with Crippen LogP contribution in [-0.2, 0) is 4.79 Å². The Hall–Kier alpha value is -9.46. The van der Waals surface area contributed by atoms with Crippen molar-refractivity contribution >= 4 is 327 Å². The Kier molecular flexibility index (Phi) is 42.7. The largest absolute Gasteiger partial charge is 0.507 e. The number of hydrogen-bond donors (Lipinski definition) is 13. The second-order valence-electron chi connectivity index (χ2n) is 29.6. The molecule has 0 aliphatic rings. The van der Waals surface area contributed by atoms with Gasteiger partial charge in [-0.2, -0.15) is 5.26 Å². The molecule has 0 saturated carbocycles. The fraction of sp³-hybridized carbons (Fsp3) is 0.0800. The van der Waals surface area contributed by atoms with Crippen LogP contribution in [0.15, 0.2) is 231 Å². The van der Waals surface area contributed by atoms with Gasteiger partial charge in [-0.1, -0.05) is 229 Å². The lowest BCUT2D eigenvalue weighted by Gasteiger charge is -2.16. The first-order chi connectivity index (χ1) is 65.6. The van der Waals surface area contributed by atoms with E-state index in [2.05, 4.69) is 128 Å². The SMILES string of the molecule is CC(=O)Oc1c(I)cc(I)cc1C(=O)Nc1ccc(C)cc1.Cc1cc(Cl)c(O)c(NC(=O)c2c(O)c(Cl)cc(Cl)c2Cl)c1.Cc1ccc(C(C#N)c2cc(C)c(NC(=O)c3cc(I)cc(I)c3O)cc2Cl)cc1.Cc1ccc(NC(=O)c2c(O)cccc2O)cc1.Cc1ccc(Oc2ccc(NC(=O)c3cc(I)cc(I)c3O)cc2Cl)cc1.O=C(Nc1ccccc1)c1c(O)c(Cl)c(Cl)c(Cl)c1Cl. The van der Waals surface area contributed by atoms with Crippen LogP contribution < -0.4 is 41.4 Å². The van der Waals surface area contributed by atoms with Gasteiger partial charge >= 0.3 is 5.97 Å². The van der Waals surface area contributed by atoms with E-state index in [1.807, 2.05) is 177 Å². The number of phenols is 7. The number of carbonyl (C=O) groups is 7. The molecule has 13 N–H and O–H groups in total. The molecule has 0 radical (unpaired) electrons. The van der Waals surface area contributed by atoms with Gasteiger partial charge < -0.3 is 77.1 Å². The van der Waals surface area contributed by atoms with Gasteiger partial charge in [0.1, 0.15) is 67.7 Å². The zero-order valence-electron chi connectivity index (χ0n) is 72.8. The van der Waals surface area contributed by atoms with Gasteiger partial charge in [0.05, 0.1) is 85.3 Å². The number of nitrogens with one attached hydrogen (secondary N) is 6. The van der Waals surface area contributed by atoms with Gasteiger partial charge in [-0.3, -0.25) is 33.6 Å². The number of aromatic hydroxyl groups is 7. The molecular formula is C100H73Cl10I6N7O16. The van der Waals surface area contributed by atoms with Gasteiger partial charge in [0.2, 0.25) is 0 Å². The zero-order chi connectivity index (χ0) is 102. The van der Waals surface area contributed by atoms with E-state index in [0.717, 1.165) is 49.7 Å². The molecule has 39 heteroatoms. The van der Waals surface area contributed by atoms with Gasteiger partial charge in [-0.05, 0) is 339 Å². The molecule has 1 atom stereocenters. The van der Waals surface area contributed by atoms with Crippen LogP contribution in [0.1, 0.15) is 119 Å². The Labute approximate surface area is 929 Å². The average molecular weight is 2740 g/mol. The fourth-order valence-electron chi connectivity index (χ4n) is 12.2. The smallest absolute Gasteiger partial charge is 0.308 e. The van der Waals surface area contributed by atoms with Crippen molar-refractivity contribution in [1.29, 1.82) is 5.26 Å². The normalized spacial score (nSPS) is 10.6. The molecule has 14 aromatic rings. The van der Waals surface area contributed by atoms with Crippen molar-refractivity contribution in [2.24, 2.45) is 0 Å². The summed E-state index contributed by atoms with van der Waals surface area (Å²) < 4.78 is 15.5. The highest BCUT2D eigenvalue weighted by molar-refractivity contribution is 14.1. The third-order valence-corrected chi connectivity index (χ3v) is 27.2. The Morgan fingerprint density at radius 2 is 0.763 bits per heavy atom. The highest BCUT2D eigenvalue weighted by Gasteiger charge is 2.29. The summed E-state index contributed by atoms with van der Waals surface area (Å²) >= 11 is 72.0. The molecule has 0 bridgehead atoms. The maximum absolute atomic E-state index is 12.8. The van der Waals surface area contributed by atoms with Crippen LogP contribution in [0.2, 0.25) is 50.2 Å². The lowest BCUT2D eigenvalue weighted by Crippen LogP contribution is -2.16. The van der Waals surface area contributed by atoms with Crippen LogP contribution in [-0.4, -0.2) is 77.2 Å². The Balaban J connectivity index is 0.000000188. The molecule has 0 aromatic heterocycles. The summed E-state index contributed by atoms with van der Waals surface area (Å²) in [6, 6.07) is 68.4. The molecule has 716 valence electrons. The van der Waals surface area contributed by atoms with E-state index in [9.17, 15) is 74.6 Å². The lowest BCUT2D eigenvalue weighted by molar-refractivity contribution is -0.132. The zero-order valence-corrected chi connectivity index (χ0v) is 93.3. The number of esters is 1. The minimum atomic E-state index is -0.788. The lowest BCUT2D eigenvalue weighted by atomic mass is 9.90. The molecule has 14 rings (SSSR count). The van der Waals surface area contributed by atoms with Crippen LogP contribution in [0.4, 0.5) is 34.1 Å². The predicted octanol–water partition coefficient (Wildman–Crippen LogP) is 31.0. The number of anilines is 6. The monoisotopic (exact) mass is 2740 g/mol. The first kappa shape index (κ1) is 113. The molecule has 139 heavy (non-hydrogen) atoms. The first-order valence-corrected chi connectivity index (χ1v) is 50.2. The van der Waals surface area contributed by atoms with E-state index in [1.54, 1.807) is 104 Å². The van der Waals surface area contributed by atoms with Crippen molar-refractivity contribution < 1.29 is 78.8 Å². The van der Waals surface area contributed by atoms with Crippen LogP contribution in [0.3, 0.4) is 0 Å². The number of nitrogens with zero attached hydrogens (tertiary/aromatic N) is 1. The molecule has 0 heterocycles. The summed E-state index contributed by atoms with van der Waals surface area (Å²) in [5.74, 6) is -4.55. The van der Waals surface area contributed by atoms with E-state index < -0.39 is 52.9 Å². The second kappa shape index (κ2) is 52.5. The Bertz CT molecular complexity index is 7010. The van der Waals surface area contributed by atoms with Crippen LogP contribution in [0, 0.1) is 74.3 Å². The van der Waals surface area contributed by atoms with E-state index in [-0.39, 0.29) is 114 Å². The molecule has 0 aliphatic carbocycles. The molecule has 0 spiro atoms. The molecule has 0 aliphatic heterocycles. The molecule has 1 unspecified atom stereocenters. The van der Waals surface area contributed by atoms with E-state index in [1.165, 1.54) is 43.3 Å². The van der Waals surface area contributed by atoms with Crippen molar-refractivity contribution in [3.63, 3.8) is 0 Å². The standard InChI is InChI=1S/C23H17ClI2N2O2.C20H14ClI2NO3.C16H13I2NO3.C14H9Cl4NO3.C14H13NO3.C13H7Cl4NO2/c1-12-3-5-14(6-4-12)18(11-27)16-7-13(2)21(10-19(16)24)28-23(30)17-8-15(25)9-20(26)22(17)29;1-11-2-5-14(6-3-11)27-18-7-4-13(10-16(18)21)24-20(26)15-8-12(22)9-17(23)19(15)25;1-9-3-5-12(6-4-9)19-16(21)13-7-11(17)8-14(18)15(13)22-10(2)20;1-5-2-7(16)12(20)9(3-5)19-14(22)10-11(18)6(15)4-8(17)13(10)21;1-9-5-7-10(8-6-9)15-14(18)13-11(16)3-2-4-12(13)17;14-8-7(12(19)11(17)10(16)9(8)15)13(20)18-6-4-2-1-3-5-6/h3-10,18,29H,1-2H3,(H,28,30);2-10,25H,1H3,(H,24,26);3-8H,1-2H3,(H,19,21);2-4,20-21H,1H3,(H,19,22);2-8,16-17H,1H3,(H,15,18);1-5,19H,(H,18,20). The van der Waals surface area contributed by atoms with Crippen molar-refractivity contribution in [2.45, 2.75) is 54.4 Å². The van der Waals surface area contributed by atoms with Crippen LogP contribution in [0.5, 0.6) is 57.5 Å². The van der Waals surface area contributed by atoms with E-state index in [4.69, 9.17) is 125 Å². The number of carbonyl (C=O) groups excluding carboxylic acids is 7. The molecule has 14 aromatic carbocycles. The van der Waals surface area contributed by atoms with E-state index >= 15 is 0 Å². The topological polar surface area (TPSA) is 376 Å². The van der Waals surface area contributed by atoms with Gasteiger partial charge in [0, 0.05) is 51.1 Å². The molecular weight excluding hydrogens is 2670 g/mol. The maximum Gasteiger partial charge on any atom is 0.308 e. The van der Waals surface area contributed by atoms with Gasteiger partial charge in [0.15, 0.2) is 11.5 Å². The highest BCUT2D eigenvalue weighted by Crippen LogP contribution is 2.47. The quantitative estimate of drug-likeness (QED) is 0.0101. The summed E-state index contributed by atoms with van der Waals surface area (Å²) in [4.78, 5) is 85.4. The molecule has 0 fully saturated rings. The van der Waals surface area contributed by atoms with Gasteiger partial charge in [0.25, 0.3) is 35.4 Å². The average Bonchev–Trinajstić information content (AvgIpc) is 0.786. The highest BCUT2D eigenvalue weighted by atomic mass is 127. The predicted molar refractivity (Wildman–Crippen MR) is 603 cm³/mol. The number of amides is 6. The van der Waals surface area contributed by atoms with Crippen molar-refractivity contribution in [1.82, 2.24) is 0 Å². The minimum absolute atomic E-state index is 0.0149. The fourth-order valence-corrected chi connectivity index (χ4v) is 20.2. The second-order valence-corrected chi connectivity index (χ2v) is 40.8. The van der Waals surface area contributed by atoms with Gasteiger partial charge in [-0.15, -0.1) is 0 Å². The number of rotatable bonds is 17. The number of nitriles is 1. The summed E-state index contributed by atoms with van der Waals surface area (Å²) in [6.07, 6.45) is 0. The van der Waals surface area contributed by atoms with Crippen molar-refractivity contribution in [3.05, 3.63) is 380 Å². The van der Waals surface area contributed by atoms with Crippen LogP contribution >= 0.6 is 252 Å². The summed E-state index contributed by atoms with van der Waals surface area (Å²) in [5, 5.41) is 94.9. The third-order valence-electron chi connectivity index (χ3n) is 19.1. The molecule has 23 nitrogen and oxygen atoms in total. The van der Waals surface area contributed by atoms with Gasteiger partial charge in [-0.25, -0.2) is 0 Å². The van der Waals surface area contributed by atoms with E-state index in [0.29, 0.717) is 71.8 Å². The number of hydrogen-bond acceptors (Lipinski definition) is 17. The van der Waals surface area contributed by atoms with Crippen molar-refractivity contribution in [2.75, 3.05) is 31.9 Å². The first-order valence-electron chi connectivity index (χ1n) is 40.0.